The van der Waals surface area contributed by atoms with Crippen LogP contribution in [0.15, 0.2) is 77.7 Å². The van der Waals surface area contributed by atoms with Gasteiger partial charge in [0, 0.05) is 0 Å². The number of amides is 1. The first-order valence-electron chi connectivity index (χ1n) is 11.7. The van der Waals surface area contributed by atoms with Crippen molar-refractivity contribution >= 4 is 51.9 Å². The molecule has 3 aromatic rings. The maximum absolute atomic E-state index is 13.0. The van der Waals surface area contributed by atoms with E-state index in [1.807, 2.05) is 36.4 Å². The van der Waals surface area contributed by atoms with E-state index in [1.165, 1.54) is 34.4 Å². The number of thioether (sulfide) groups is 1. The molecule has 0 spiro atoms. The van der Waals surface area contributed by atoms with E-state index in [4.69, 9.17) is 21.7 Å². The number of carboxylic acid groups (broad SMARTS) is 1. The summed E-state index contributed by atoms with van der Waals surface area (Å²) in [4.78, 5) is 26.1. The van der Waals surface area contributed by atoms with Gasteiger partial charge in [0.25, 0.3) is 5.91 Å². The van der Waals surface area contributed by atoms with Crippen molar-refractivity contribution in [3.8, 4) is 11.5 Å². The molecular formula is C29H27NO5S2. The van der Waals surface area contributed by atoms with Crippen molar-refractivity contribution in [2.24, 2.45) is 0 Å². The molecule has 0 bridgehead atoms. The summed E-state index contributed by atoms with van der Waals surface area (Å²) in [5.74, 6) is 0.151. The molecule has 1 aliphatic heterocycles. The van der Waals surface area contributed by atoms with E-state index in [0.29, 0.717) is 33.9 Å². The van der Waals surface area contributed by atoms with E-state index < -0.39 is 5.97 Å². The Kier molecular flexibility index (Phi) is 8.00. The lowest BCUT2D eigenvalue weighted by Crippen LogP contribution is -2.27. The predicted octanol–water partition coefficient (Wildman–Crippen LogP) is 6.55. The smallest absolute Gasteiger partial charge is 0.335 e. The minimum atomic E-state index is -1.06. The van der Waals surface area contributed by atoms with E-state index >= 15 is 0 Å². The van der Waals surface area contributed by atoms with Gasteiger partial charge in [0.05, 0.1) is 16.2 Å². The lowest BCUT2D eigenvalue weighted by atomic mass is 9.87. The number of nitrogens with zero attached hydrogens (tertiary/aromatic N) is 1. The molecule has 0 atom stereocenters. The Bertz CT molecular complexity index is 1340. The zero-order valence-corrected chi connectivity index (χ0v) is 22.4. The second-order valence-corrected chi connectivity index (χ2v) is 11.1. The van der Waals surface area contributed by atoms with Crippen LogP contribution < -0.4 is 14.4 Å². The summed E-state index contributed by atoms with van der Waals surface area (Å²) >= 11 is 6.57. The van der Waals surface area contributed by atoms with Crippen molar-refractivity contribution in [1.82, 2.24) is 0 Å². The van der Waals surface area contributed by atoms with E-state index in [2.05, 4.69) is 32.9 Å². The van der Waals surface area contributed by atoms with Gasteiger partial charge in [-0.2, -0.15) is 0 Å². The number of hydrogen-bond acceptors (Lipinski definition) is 6. The number of carbonyl (C=O) groups is 2. The van der Waals surface area contributed by atoms with Crippen LogP contribution in [0.2, 0.25) is 0 Å². The third-order valence-corrected chi connectivity index (χ3v) is 6.97. The van der Waals surface area contributed by atoms with E-state index in [1.54, 1.807) is 18.2 Å². The van der Waals surface area contributed by atoms with Gasteiger partial charge < -0.3 is 14.6 Å². The Balaban J connectivity index is 1.32. The lowest BCUT2D eigenvalue weighted by Gasteiger charge is -2.19. The molecule has 190 valence electrons. The van der Waals surface area contributed by atoms with Crippen LogP contribution in [-0.4, -0.2) is 34.5 Å². The highest BCUT2D eigenvalue weighted by Gasteiger charge is 2.33. The highest BCUT2D eigenvalue weighted by molar-refractivity contribution is 8.27. The summed E-state index contributed by atoms with van der Waals surface area (Å²) in [5.41, 5.74) is 2.71. The fourth-order valence-electron chi connectivity index (χ4n) is 3.65. The molecule has 8 heteroatoms. The molecule has 0 radical (unpaired) electrons. The normalized spacial score (nSPS) is 14.8. The molecule has 0 unspecified atom stereocenters. The number of aromatic carboxylic acids is 1. The number of anilines is 1. The number of benzene rings is 3. The average Bonchev–Trinajstić information content (AvgIpc) is 3.15. The van der Waals surface area contributed by atoms with Gasteiger partial charge >= 0.3 is 5.97 Å². The van der Waals surface area contributed by atoms with Gasteiger partial charge in [-0.25, -0.2) is 4.79 Å². The van der Waals surface area contributed by atoms with Crippen molar-refractivity contribution in [3.63, 3.8) is 0 Å². The molecular weight excluding hydrogens is 506 g/mol. The highest BCUT2D eigenvalue weighted by Crippen LogP contribution is 2.36. The Labute approximate surface area is 225 Å². The Morgan fingerprint density at radius 2 is 1.57 bits per heavy atom. The van der Waals surface area contributed by atoms with Crippen molar-refractivity contribution in [2.75, 3.05) is 18.1 Å². The van der Waals surface area contributed by atoms with Crippen LogP contribution >= 0.6 is 24.0 Å². The van der Waals surface area contributed by atoms with Gasteiger partial charge in [0.15, 0.2) is 4.32 Å². The van der Waals surface area contributed by atoms with E-state index in [9.17, 15) is 14.7 Å². The first-order chi connectivity index (χ1) is 17.6. The molecule has 1 N–H and O–H groups in total. The van der Waals surface area contributed by atoms with Crippen LogP contribution in [0.5, 0.6) is 11.5 Å². The van der Waals surface area contributed by atoms with Gasteiger partial charge in [-0.1, -0.05) is 75.1 Å². The second-order valence-electron chi connectivity index (χ2n) is 9.41. The van der Waals surface area contributed by atoms with E-state index in [-0.39, 0.29) is 16.9 Å². The third kappa shape index (κ3) is 6.58. The number of thiocarbonyl (C=S) groups is 1. The summed E-state index contributed by atoms with van der Waals surface area (Å²) in [6, 6.07) is 21.7. The third-order valence-electron chi connectivity index (χ3n) is 5.66. The zero-order valence-electron chi connectivity index (χ0n) is 20.8. The fourth-order valence-corrected chi connectivity index (χ4v) is 4.95. The molecule has 1 aliphatic rings. The van der Waals surface area contributed by atoms with Crippen molar-refractivity contribution < 1.29 is 24.2 Å². The monoisotopic (exact) mass is 533 g/mol. The van der Waals surface area contributed by atoms with Crippen LogP contribution in [0.25, 0.3) is 6.08 Å². The van der Waals surface area contributed by atoms with Crippen LogP contribution in [0.4, 0.5) is 5.69 Å². The molecule has 1 saturated heterocycles. The van der Waals surface area contributed by atoms with Gasteiger partial charge in [0.2, 0.25) is 0 Å². The second kappa shape index (κ2) is 11.2. The fraction of sp³-hybridized carbons (Fsp3) is 0.207. The summed E-state index contributed by atoms with van der Waals surface area (Å²) in [5, 5.41) is 9.24. The molecule has 3 aromatic carbocycles. The number of carboxylic acids is 1. The van der Waals surface area contributed by atoms with Crippen molar-refractivity contribution in [2.45, 2.75) is 26.2 Å². The summed E-state index contributed by atoms with van der Waals surface area (Å²) in [6.45, 7) is 7.34. The summed E-state index contributed by atoms with van der Waals surface area (Å²) in [7, 11) is 0. The molecule has 1 fully saturated rings. The van der Waals surface area contributed by atoms with E-state index in [0.717, 1.165) is 11.3 Å². The molecule has 0 aliphatic carbocycles. The number of ether oxygens (including phenoxy) is 2. The Morgan fingerprint density at radius 1 is 0.973 bits per heavy atom. The first kappa shape index (κ1) is 26.4. The first-order valence-corrected chi connectivity index (χ1v) is 12.9. The molecule has 6 nitrogen and oxygen atoms in total. The van der Waals surface area contributed by atoms with Crippen molar-refractivity contribution in [3.05, 3.63) is 94.4 Å². The average molecular weight is 534 g/mol. The predicted molar refractivity (Wildman–Crippen MR) is 152 cm³/mol. The molecule has 4 rings (SSSR count). The number of hydrogen-bond donors (Lipinski definition) is 1. The molecule has 0 aromatic heterocycles. The number of rotatable bonds is 8. The van der Waals surface area contributed by atoms with Gasteiger partial charge in [0.1, 0.15) is 24.7 Å². The van der Waals surface area contributed by atoms with Crippen LogP contribution in [0.3, 0.4) is 0 Å². The molecule has 0 saturated carbocycles. The maximum atomic E-state index is 13.0. The molecule has 1 heterocycles. The standard InChI is InChI=1S/C29H27NO5S2/c1-29(2,3)21-9-13-24(14-10-21)35-16-15-34-23-11-7-19(8-12-23)17-25-26(31)30(28(36)37-25)22-6-4-5-20(18-22)27(32)33/h4-14,17-18H,15-16H2,1-3H3,(H,32,33)/b25-17-. The topological polar surface area (TPSA) is 76.1 Å². The highest BCUT2D eigenvalue weighted by atomic mass is 32.2. The molecule has 1 amide bonds. The minimum absolute atomic E-state index is 0.0926. The van der Waals surface area contributed by atoms with Crippen LogP contribution in [0.1, 0.15) is 42.3 Å². The Morgan fingerprint density at radius 3 is 2.14 bits per heavy atom. The summed E-state index contributed by atoms with van der Waals surface area (Å²) < 4.78 is 11.9. The zero-order chi connectivity index (χ0) is 26.6. The minimum Gasteiger partial charge on any atom is -0.490 e. The lowest BCUT2D eigenvalue weighted by molar-refractivity contribution is -0.113. The van der Waals surface area contributed by atoms with Gasteiger partial charge in [-0.3, -0.25) is 9.69 Å². The Hall–Kier alpha value is -3.62. The van der Waals surface area contributed by atoms with Crippen molar-refractivity contribution in [1.29, 1.82) is 0 Å². The maximum Gasteiger partial charge on any atom is 0.335 e. The number of carbonyl (C=O) groups excluding carboxylic acids is 1. The van der Waals surface area contributed by atoms with Crippen LogP contribution in [0, 0.1) is 0 Å². The quantitative estimate of drug-likeness (QED) is 0.200. The van der Waals surface area contributed by atoms with Gasteiger partial charge in [-0.05, 0) is 65.1 Å². The largest absolute Gasteiger partial charge is 0.490 e. The molecule has 37 heavy (non-hydrogen) atoms. The van der Waals surface area contributed by atoms with Crippen LogP contribution in [-0.2, 0) is 10.2 Å². The summed E-state index contributed by atoms with van der Waals surface area (Å²) in [6.07, 6.45) is 1.76. The SMILES string of the molecule is CC(C)(C)c1ccc(OCCOc2ccc(/C=C3\SC(=S)N(c4cccc(C(=O)O)c4)C3=O)cc2)cc1. The van der Waals surface area contributed by atoms with Gasteiger partial charge in [-0.15, -0.1) is 0 Å².